The third-order valence-electron chi connectivity index (χ3n) is 3.64. The predicted octanol–water partition coefficient (Wildman–Crippen LogP) is 5.28. The molecule has 0 aliphatic rings. The number of benzene rings is 2. The first-order valence-corrected chi connectivity index (χ1v) is 8.04. The molecule has 0 fully saturated rings. The molecule has 0 aliphatic heterocycles. The highest BCUT2D eigenvalue weighted by Crippen LogP contribution is 2.31. The largest absolute Gasteiger partial charge is 0.416 e. The molecule has 2 aromatic carbocycles. The molecule has 2 aromatic rings. The zero-order valence-corrected chi connectivity index (χ0v) is 14.7. The van der Waals surface area contributed by atoms with Crippen LogP contribution in [0.1, 0.15) is 29.7 Å². The molecule has 3 nitrogen and oxygen atoms in total. The van der Waals surface area contributed by atoms with E-state index in [0.717, 1.165) is 12.1 Å². The minimum Gasteiger partial charge on any atom is -0.345 e. The molecule has 0 radical (unpaired) electrons. The number of carbonyl (C=O) groups excluding carboxylic acids is 1. The molecule has 0 saturated heterocycles. The summed E-state index contributed by atoms with van der Waals surface area (Å²) in [6.45, 7) is 1.64. The van der Waals surface area contributed by atoms with Crippen molar-refractivity contribution in [2.45, 2.75) is 19.1 Å². The zero-order chi connectivity index (χ0) is 20.2. The number of hydrogen-bond donors (Lipinski definition) is 1. The number of nitrogens with zero attached hydrogens (tertiary/aromatic N) is 1. The van der Waals surface area contributed by atoms with Crippen LogP contribution in [0.25, 0.3) is 6.08 Å². The zero-order valence-electron chi connectivity index (χ0n) is 13.9. The van der Waals surface area contributed by atoms with Gasteiger partial charge in [-0.15, -0.1) is 0 Å². The van der Waals surface area contributed by atoms with Gasteiger partial charge in [-0.2, -0.15) is 18.4 Å². The number of alkyl halides is 3. The highest BCUT2D eigenvalue weighted by Gasteiger charge is 2.31. The van der Waals surface area contributed by atoms with E-state index >= 15 is 0 Å². The van der Waals surface area contributed by atoms with Gasteiger partial charge in [0.2, 0.25) is 0 Å². The average Bonchev–Trinajstić information content (AvgIpc) is 2.58. The third-order valence-corrected chi connectivity index (χ3v) is 3.99. The van der Waals surface area contributed by atoms with Crippen molar-refractivity contribution in [3.63, 3.8) is 0 Å². The van der Waals surface area contributed by atoms with Crippen molar-refractivity contribution in [3.8, 4) is 6.07 Å². The molecule has 1 unspecified atom stereocenters. The van der Waals surface area contributed by atoms with Crippen LogP contribution in [0.4, 0.5) is 17.6 Å². The fourth-order valence-electron chi connectivity index (χ4n) is 2.35. The second kappa shape index (κ2) is 8.23. The molecule has 1 atom stereocenters. The molecule has 140 valence electrons. The first kappa shape index (κ1) is 20.5. The summed E-state index contributed by atoms with van der Waals surface area (Å²) >= 11 is 6.04. The summed E-state index contributed by atoms with van der Waals surface area (Å²) in [5.41, 5.74) is -1.32. The van der Waals surface area contributed by atoms with Crippen LogP contribution in [0.3, 0.4) is 0 Å². The predicted molar refractivity (Wildman–Crippen MR) is 93.0 cm³/mol. The van der Waals surface area contributed by atoms with Crippen LogP contribution in [-0.4, -0.2) is 5.91 Å². The van der Waals surface area contributed by atoms with Crippen LogP contribution < -0.4 is 5.32 Å². The smallest absolute Gasteiger partial charge is 0.345 e. The fourth-order valence-corrected chi connectivity index (χ4v) is 2.65. The Kier molecular flexibility index (Phi) is 6.24. The van der Waals surface area contributed by atoms with Crippen LogP contribution >= 0.6 is 11.6 Å². The Morgan fingerprint density at radius 3 is 2.52 bits per heavy atom. The van der Waals surface area contributed by atoms with Gasteiger partial charge >= 0.3 is 6.18 Å². The first-order chi connectivity index (χ1) is 12.6. The molecule has 1 N–H and O–H groups in total. The summed E-state index contributed by atoms with van der Waals surface area (Å²) in [7, 11) is 0. The summed E-state index contributed by atoms with van der Waals surface area (Å²) in [5, 5.41) is 12.1. The number of hydrogen-bond acceptors (Lipinski definition) is 2. The van der Waals surface area contributed by atoms with E-state index in [4.69, 9.17) is 11.6 Å². The van der Waals surface area contributed by atoms with Gasteiger partial charge in [0, 0.05) is 5.02 Å². The van der Waals surface area contributed by atoms with Gasteiger partial charge in [-0.25, -0.2) is 4.39 Å². The molecule has 0 heterocycles. The molecule has 0 saturated carbocycles. The van der Waals surface area contributed by atoms with Gasteiger partial charge in [-0.3, -0.25) is 4.79 Å². The quantitative estimate of drug-likeness (QED) is 0.434. The Morgan fingerprint density at radius 1 is 1.26 bits per heavy atom. The van der Waals surface area contributed by atoms with E-state index in [1.807, 2.05) is 0 Å². The van der Waals surface area contributed by atoms with Crippen LogP contribution in [0.2, 0.25) is 5.02 Å². The number of halogens is 5. The summed E-state index contributed by atoms with van der Waals surface area (Å²) in [5.74, 6) is -1.94. The average molecular weight is 397 g/mol. The Bertz CT molecular complexity index is 932. The number of amides is 1. The van der Waals surface area contributed by atoms with Gasteiger partial charge in [0.25, 0.3) is 5.91 Å². The minimum absolute atomic E-state index is 0.251. The van der Waals surface area contributed by atoms with Crippen molar-refractivity contribution in [3.05, 3.63) is 75.6 Å². The maximum absolute atomic E-state index is 13.5. The van der Waals surface area contributed by atoms with Gasteiger partial charge in [0.15, 0.2) is 0 Å². The van der Waals surface area contributed by atoms with E-state index in [1.165, 1.54) is 0 Å². The third kappa shape index (κ3) is 5.31. The molecule has 8 heteroatoms. The van der Waals surface area contributed by atoms with Crippen molar-refractivity contribution in [1.29, 1.82) is 5.26 Å². The molecule has 0 spiro atoms. The normalized spacial score (nSPS) is 13.0. The van der Waals surface area contributed by atoms with Crippen LogP contribution in [0.15, 0.2) is 48.0 Å². The Morgan fingerprint density at radius 2 is 1.93 bits per heavy atom. The first-order valence-electron chi connectivity index (χ1n) is 7.66. The lowest BCUT2D eigenvalue weighted by molar-refractivity contribution is -0.137. The summed E-state index contributed by atoms with van der Waals surface area (Å²) in [6.07, 6.45) is -3.86. The number of carbonyl (C=O) groups is 1. The van der Waals surface area contributed by atoms with Gasteiger partial charge in [-0.1, -0.05) is 29.8 Å². The second-order valence-corrected chi connectivity index (χ2v) is 6.06. The van der Waals surface area contributed by atoms with Crippen molar-refractivity contribution in [2.24, 2.45) is 0 Å². The lowest BCUT2D eigenvalue weighted by atomic mass is 10.1. The van der Waals surface area contributed by atoms with Crippen molar-refractivity contribution < 1.29 is 22.4 Å². The van der Waals surface area contributed by atoms with Gasteiger partial charge in [0.05, 0.1) is 11.6 Å². The SMILES string of the molecule is CC(NC(=O)C(C#N)=Cc1cc(F)cc(C(F)(F)F)c1)c1ccccc1Cl. The maximum atomic E-state index is 13.5. The van der Waals surface area contributed by atoms with E-state index in [2.05, 4.69) is 5.32 Å². The summed E-state index contributed by atoms with van der Waals surface area (Å²) < 4.78 is 51.8. The van der Waals surface area contributed by atoms with E-state index in [9.17, 15) is 27.6 Å². The van der Waals surface area contributed by atoms with Crippen LogP contribution in [-0.2, 0) is 11.0 Å². The van der Waals surface area contributed by atoms with Crippen molar-refractivity contribution in [2.75, 3.05) is 0 Å². The number of rotatable bonds is 4. The molecular formula is C19H13ClF4N2O. The van der Waals surface area contributed by atoms with E-state index < -0.39 is 35.1 Å². The Hall–Kier alpha value is -2.85. The topological polar surface area (TPSA) is 52.9 Å². The number of nitriles is 1. The lowest BCUT2D eigenvalue weighted by Gasteiger charge is -2.15. The number of nitrogens with one attached hydrogen (secondary N) is 1. The molecule has 2 rings (SSSR count). The van der Waals surface area contributed by atoms with E-state index in [0.29, 0.717) is 22.7 Å². The maximum Gasteiger partial charge on any atom is 0.416 e. The molecule has 0 bridgehead atoms. The molecule has 0 aliphatic carbocycles. The fraction of sp³-hybridized carbons (Fsp3) is 0.158. The Labute approximate surface area is 157 Å². The van der Waals surface area contributed by atoms with Crippen molar-refractivity contribution in [1.82, 2.24) is 5.32 Å². The monoisotopic (exact) mass is 396 g/mol. The van der Waals surface area contributed by atoms with Crippen LogP contribution in [0, 0.1) is 17.1 Å². The molecule has 27 heavy (non-hydrogen) atoms. The second-order valence-electron chi connectivity index (χ2n) is 5.66. The minimum atomic E-state index is -4.75. The van der Waals surface area contributed by atoms with Crippen LogP contribution in [0.5, 0.6) is 0 Å². The van der Waals surface area contributed by atoms with Crippen molar-refractivity contribution >= 4 is 23.6 Å². The molecule has 0 aromatic heterocycles. The summed E-state index contributed by atoms with van der Waals surface area (Å²) in [6, 6.07) is 9.60. The summed E-state index contributed by atoms with van der Waals surface area (Å²) in [4.78, 5) is 12.3. The highest BCUT2D eigenvalue weighted by atomic mass is 35.5. The van der Waals surface area contributed by atoms with Gasteiger partial charge < -0.3 is 5.32 Å². The Balaban J connectivity index is 2.28. The highest BCUT2D eigenvalue weighted by molar-refractivity contribution is 6.31. The molecule has 1 amide bonds. The van der Waals surface area contributed by atoms with Gasteiger partial charge in [-0.05, 0) is 48.4 Å². The van der Waals surface area contributed by atoms with E-state index in [-0.39, 0.29) is 5.56 Å². The van der Waals surface area contributed by atoms with E-state index in [1.54, 1.807) is 37.3 Å². The molecular weight excluding hydrogens is 384 g/mol. The van der Waals surface area contributed by atoms with Gasteiger partial charge in [0.1, 0.15) is 17.5 Å². The standard InChI is InChI=1S/C19H13ClF4N2O/c1-11(16-4-2-3-5-17(16)20)26-18(27)13(10-25)6-12-7-14(19(22,23)24)9-15(21)8-12/h2-9,11H,1H3,(H,26,27). The lowest BCUT2D eigenvalue weighted by Crippen LogP contribution is -2.27.